The number of tetrazole rings is 1. The van der Waals surface area contributed by atoms with Gasteiger partial charge in [0.05, 0.1) is 5.69 Å². The average Bonchev–Trinajstić information content (AvgIpc) is 2.83. The van der Waals surface area contributed by atoms with E-state index in [0.29, 0.717) is 5.82 Å². The Morgan fingerprint density at radius 2 is 1.90 bits per heavy atom. The molecule has 0 atom stereocenters. The van der Waals surface area contributed by atoms with E-state index in [1.54, 1.807) is 0 Å². The lowest BCUT2D eigenvalue weighted by Crippen LogP contribution is -2.11. The van der Waals surface area contributed by atoms with Gasteiger partial charge in [0.25, 0.3) is 0 Å². The third kappa shape index (κ3) is 3.09. The van der Waals surface area contributed by atoms with E-state index in [4.69, 9.17) is 5.11 Å². The molecule has 0 bridgehead atoms. The molecule has 0 aliphatic rings. The van der Waals surface area contributed by atoms with Crippen LogP contribution in [0.5, 0.6) is 0 Å². The number of carboxylic acid groups (broad SMARTS) is 1. The zero-order chi connectivity index (χ0) is 14.8. The number of hydrogen-bond acceptors (Lipinski definition) is 4. The van der Waals surface area contributed by atoms with Crippen molar-refractivity contribution in [2.45, 2.75) is 26.2 Å². The zero-order valence-electron chi connectivity index (χ0n) is 11.6. The summed E-state index contributed by atoms with van der Waals surface area (Å²) in [5, 5.41) is 19.9. The van der Waals surface area contributed by atoms with Crippen molar-refractivity contribution in [3.05, 3.63) is 41.7 Å². The molecule has 2 aromatic rings. The van der Waals surface area contributed by atoms with Crippen molar-refractivity contribution in [2.75, 3.05) is 0 Å². The van der Waals surface area contributed by atoms with Gasteiger partial charge in [-0.2, -0.15) is 4.68 Å². The number of aliphatic carboxylic acids is 1. The van der Waals surface area contributed by atoms with E-state index in [0.717, 1.165) is 11.8 Å². The summed E-state index contributed by atoms with van der Waals surface area (Å²) >= 11 is 0. The third-order valence-electron chi connectivity index (χ3n) is 2.85. The van der Waals surface area contributed by atoms with Crippen LogP contribution >= 0.6 is 0 Å². The van der Waals surface area contributed by atoms with Crippen molar-refractivity contribution in [2.24, 2.45) is 0 Å². The number of hydrogen-bond donors (Lipinski definition) is 1. The van der Waals surface area contributed by atoms with Gasteiger partial charge in [0.2, 0.25) is 0 Å². The number of carboxylic acids is 1. The highest BCUT2D eigenvalue weighted by molar-refractivity contribution is 5.84. The first kappa shape index (κ1) is 13.9. The van der Waals surface area contributed by atoms with Crippen molar-refractivity contribution >= 4 is 12.0 Å². The molecule has 0 fully saturated rings. The molecule has 2 rings (SSSR count). The van der Waals surface area contributed by atoms with Crippen molar-refractivity contribution in [1.82, 2.24) is 20.2 Å². The second-order valence-corrected chi connectivity index (χ2v) is 5.42. The summed E-state index contributed by atoms with van der Waals surface area (Å²) in [7, 11) is 0. The molecule has 6 heteroatoms. The fourth-order valence-corrected chi connectivity index (χ4v) is 1.73. The molecule has 0 saturated carbocycles. The maximum atomic E-state index is 10.5. The molecule has 0 saturated heterocycles. The van der Waals surface area contributed by atoms with Crippen LogP contribution in [0.3, 0.4) is 0 Å². The number of rotatable bonds is 3. The lowest BCUT2D eigenvalue weighted by Gasteiger charge is -2.19. The van der Waals surface area contributed by atoms with Gasteiger partial charge in [-0.15, -0.1) is 5.10 Å². The molecular formula is C14H16N4O2. The molecule has 0 unspecified atom stereocenters. The molecule has 1 heterocycles. The fraction of sp³-hybridized carbons (Fsp3) is 0.286. The molecule has 0 spiro atoms. The van der Waals surface area contributed by atoms with Gasteiger partial charge in [-0.25, -0.2) is 4.79 Å². The fourth-order valence-electron chi connectivity index (χ4n) is 1.73. The minimum atomic E-state index is -1.04. The molecule has 0 radical (unpaired) electrons. The standard InChI is InChI=1S/C14H16N4O2/c1-14(2,3)10-4-6-11(7-5-10)18-12(15-16-17-18)8-9-13(19)20/h4-9H,1-3H3,(H,19,20)/b9-8+. The third-order valence-corrected chi connectivity index (χ3v) is 2.85. The Balaban J connectivity index is 2.33. The number of benzene rings is 1. The molecule has 0 aliphatic carbocycles. The summed E-state index contributed by atoms with van der Waals surface area (Å²) in [6.07, 6.45) is 2.37. The van der Waals surface area contributed by atoms with Crippen molar-refractivity contribution in [1.29, 1.82) is 0 Å². The topological polar surface area (TPSA) is 80.9 Å². The first-order chi connectivity index (χ1) is 9.38. The second kappa shape index (κ2) is 5.24. The summed E-state index contributed by atoms with van der Waals surface area (Å²) in [5.74, 6) is -0.668. The van der Waals surface area contributed by atoms with E-state index < -0.39 is 5.97 Å². The summed E-state index contributed by atoms with van der Waals surface area (Å²) in [4.78, 5) is 10.5. The van der Waals surface area contributed by atoms with Crippen molar-refractivity contribution < 1.29 is 9.90 Å². The van der Waals surface area contributed by atoms with Gasteiger partial charge in [-0.1, -0.05) is 32.9 Å². The van der Waals surface area contributed by atoms with E-state index in [1.807, 2.05) is 24.3 Å². The van der Waals surface area contributed by atoms with E-state index >= 15 is 0 Å². The summed E-state index contributed by atoms with van der Waals surface area (Å²) in [6.45, 7) is 6.42. The predicted molar refractivity (Wildman–Crippen MR) is 74.5 cm³/mol. The van der Waals surface area contributed by atoms with Gasteiger partial charge in [0.15, 0.2) is 5.82 Å². The number of nitrogens with zero attached hydrogens (tertiary/aromatic N) is 4. The Kier molecular flexibility index (Phi) is 3.65. The van der Waals surface area contributed by atoms with E-state index in [1.165, 1.54) is 16.3 Å². The van der Waals surface area contributed by atoms with Crippen LogP contribution in [0.15, 0.2) is 30.3 Å². The minimum Gasteiger partial charge on any atom is -0.478 e. The van der Waals surface area contributed by atoms with Gasteiger partial charge >= 0.3 is 5.97 Å². The Hall–Kier alpha value is -2.50. The van der Waals surface area contributed by atoms with Crippen LogP contribution < -0.4 is 0 Å². The number of aromatic nitrogens is 4. The van der Waals surface area contributed by atoms with Crippen molar-refractivity contribution in [3.8, 4) is 5.69 Å². The van der Waals surface area contributed by atoms with Crippen LogP contribution in [-0.4, -0.2) is 31.3 Å². The van der Waals surface area contributed by atoms with Crippen LogP contribution in [0.2, 0.25) is 0 Å². The molecule has 0 aliphatic heterocycles. The van der Waals surface area contributed by atoms with Gasteiger partial charge in [0.1, 0.15) is 0 Å². The first-order valence-corrected chi connectivity index (χ1v) is 6.18. The number of carbonyl (C=O) groups is 1. The zero-order valence-corrected chi connectivity index (χ0v) is 11.6. The monoisotopic (exact) mass is 272 g/mol. The Bertz CT molecular complexity index is 636. The van der Waals surface area contributed by atoms with Crippen LogP contribution in [0, 0.1) is 0 Å². The Morgan fingerprint density at radius 3 is 2.45 bits per heavy atom. The molecule has 1 aromatic heterocycles. The van der Waals surface area contributed by atoms with Crippen LogP contribution in [-0.2, 0) is 10.2 Å². The average molecular weight is 272 g/mol. The molecule has 20 heavy (non-hydrogen) atoms. The van der Waals surface area contributed by atoms with Crippen molar-refractivity contribution in [3.63, 3.8) is 0 Å². The lowest BCUT2D eigenvalue weighted by atomic mass is 9.87. The Morgan fingerprint density at radius 1 is 1.25 bits per heavy atom. The second-order valence-electron chi connectivity index (χ2n) is 5.42. The molecule has 0 amide bonds. The van der Waals surface area contributed by atoms with Crippen LogP contribution in [0.4, 0.5) is 0 Å². The van der Waals surface area contributed by atoms with E-state index in [9.17, 15) is 4.79 Å². The maximum absolute atomic E-state index is 10.5. The molecule has 6 nitrogen and oxygen atoms in total. The van der Waals surface area contributed by atoms with Gasteiger partial charge < -0.3 is 5.11 Å². The summed E-state index contributed by atoms with van der Waals surface area (Å²) < 4.78 is 1.49. The highest BCUT2D eigenvalue weighted by Crippen LogP contribution is 2.23. The summed E-state index contributed by atoms with van der Waals surface area (Å²) in [6, 6.07) is 7.85. The van der Waals surface area contributed by atoms with Gasteiger partial charge in [-0.05, 0) is 39.6 Å². The lowest BCUT2D eigenvalue weighted by molar-refractivity contribution is -0.131. The molecular weight excluding hydrogens is 256 g/mol. The minimum absolute atomic E-state index is 0.0746. The smallest absolute Gasteiger partial charge is 0.328 e. The van der Waals surface area contributed by atoms with Gasteiger partial charge in [0, 0.05) is 6.08 Å². The first-order valence-electron chi connectivity index (χ1n) is 6.18. The molecule has 1 N–H and O–H groups in total. The van der Waals surface area contributed by atoms with Gasteiger partial charge in [-0.3, -0.25) is 0 Å². The normalized spacial score (nSPS) is 11.9. The van der Waals surface area contributed by atoms with E-state index in [2.05, 4.69) is 36.3 Å². The maximum Gasteiger partial charge on any atom is 0.328 e. The SMILES string of the molecule is CC(C)(C)c1ccc(-n2nnnc2/C=C/C(=O)O)cc1. The molecule has 1 aromatic carbocycles. The largest absolute Gasteiger partial charge is 0.478 e. The molecule has 104 valence electrons. The van der Waals surface area contributed by atoms with Crippen LogP contribution in [0.1, 0.15) is 32.2 Å². The van der Waals surface area contributed by atoms with Crippen LogP contribution in [0.25, 0.3) is 11.8 Å². The summed E-state index contributed by atoms with van der Waals surface area (Å²) in [5.41, 5.74) is 2.07. The predicted octanol–water partition coefficient (Wildman–Crippen LogP) is 2.06. The Labute approximate surface area is 116 Å². The quantitative estimate of drug-likeness (QED) is 0.865. The highest BCUT2D eigenvalue weighted by atomic mass is 16.4. The van der Waals surface area contributed by atoms with E-state index in [-0.39, 0.29) is 5.41 Å². The highest BCUT2D eigenvalue weighted by Gasteiger charge is 2.14.